The summed E-state index contributed by atoms with van der Waals surface area (Å²) in [6.45, 7) is 8.02. The zero-order valence-electron chi connectivity index (χ0n) is 11.7. The summed E-state index contributed by atoms with van der Waals surface area (Å²) in [6, 6.07) is 10.4. The number of rotatable bonds is 3. The van der Waals surface area contributed by atoms with E-state index in [2.05, 4.69) is 29.2 Å². The molecule has 1 heterocycles. The van der Waals surface area contributed by atoms with Gasteiger partial charge in [0.25, 0.3) is 0 Å². The van der Waals surface area contributed by atoms with Gasteiger partial charge in [0, 0.05) is 32.7 Å². The maximum atomic E-state index is 11.8. The summed E-state index contributed by atoms with van der Waals surface area (Å²) < 4.78 is 5.21. The van der Waals surface area contributed by atoms with Crippen LogP contribution >= 0.6 is 0 Å². The van der Waals surface area contributed by atoms with Gasteiger partial charge in [-0.15, -0.1) is 0 Å². The molecule has 4 nitrogen and oxygen atoms in total. The third-order valence-electron chi connectivity index (χ3n) is 3.22. The van der Waals surface area contributed by atoms with Crippen LogP contribution in [0.2, 0.25) is 0 Å². The molecule has 19 heavy (non-hydrogen) atoms. The highest BCUT2D eigenvalue weighted by Gasteiger charge is 2.22. The number of benzene rings is 1. The molecule has 104 valence electrons. The lowest BCUT2D eigenvalue weighted by Gasteiger charge is -2.34. The molecule has 1 fully saturated rings. The van der Waals surface area contributed by atoms with Gasteiger partial charge in [-0.1, -0.05) is 30.3 Å². The second-order valence-electron chi connectivity index (χ2n) is 5.18. The summed E-state index contributed by atoms with van der Waals surface area (Å²) >= 11 is 0. The Bertz CT molecular complexity index is 398. The van der Waals surface area contributed by atoms with E-state index in [1.807, 2.05) is 19.9 Å². The van der Waals surface area contributed by atoms with E-state index in [9.17, 15) is 4.79 Å². The molecule has 0 aliphatic carbocycles. The zero-order chi connectivity index (χ0) is 13.7. The molecule has 1 aliphatic heterocycles. The Kier molecular flexibility index (Phi) is 4.80. The van der Waals surface area contributed by atoms with E-state index in [0.717, 1.165) is 32.7 Å². The van der Waals surface area contributed by atoms with Gasteiger partial charge in [-0.2, -0.15) is 0 Å². The van der Waals surface area contributed by atoms with Crippen LogP contribution < -0.4 is 0 Å². The van der Waals surface area contributed by atoms with Crippen LogP contribution in [-0.2, 0) is 11.3 Å². The van der Waals surface area contributed by atoms with E-state index in [1.54, 1.807) is 4.90 Å². The first-order chi connectivity index (χ1) is 9.15. The molecule has 0 radical (unpaired) electrons. The normalized spacial score (nSPS) is 16.7. The van der Waals surface area contributed by atoms with Gasteiger partial charge in [-0.05, 0) is 19.4 Å². The molecule has 0 spiro atoms. The standard InChI is InChI=1S/C15H22N2O2/c1-13(2)19-15(18)17-10-8-16(9-11-17)12-14-6-4-3-5-7-14/h3-7,13H,8-12H2,1-2H3. The summed E-state index contributed by atoms with van der Waals surface area (Å²) in [5.41, 5.74) is 1.32. The van der Waals surface area contributed by atoms with E-state index in [4.69, 9.17) is 4.74 Å². The van der Waals surface area contributed by atoms with Gasteiger partial charge in [-0.3, -0.25) is 4.90 Å². The first kappa shape index (κ1) is 13.9. The number of hydrogen-bond acceptors (Lipinski definition) is 3. The second-order valence-corrected chi connectivity index (χ2v) is 5.18. The highest BCUT2D eigenvalue weighted by atomic mass is 16.6. The highest BCUT2D eigenvalue weighted by molar-refractivity contribution is 5.67. The number of carbonyl (C=O) groups is 1. The molecule has 2 rings (SSSR count). The maximum absolute atomic E-state index is 11.8. The van der Waals surface area contributed by atoms with Crippen molar-refractivity contribution in [3.8, 4) is 0 Å². The van der Waals surface area contributed by atoms with Crippen molar-refractivity contribution in [3.63, 3.8) is 0 Å². The first-order valence-electron chi connectivity index (χ1n) is 6.87. The number of amides is 1. The summed E-state index contributed by atoms with van der Waals surface area (Å²) in [5, 5.41) is 0. The topological polar surface area (TPSA) is 32.8 Å². The molecule has 0 saturated carbocycles. The van der Waals surface area contributed by atoms with Crippen LogP contribution in [0.4, 0.5) is 4.79 Å². The molecule has 1 saturated heterocycles. The summed E-state index contributed by atoms with van der Waals surface area (Å²) in [6.07, 6.45) is -0.232. The van der Waals surface area contributed by atoms with E-state index in [0.29, 0.717) is 0 Å². The van der Waals surface area contributed by atoms with Gasteiger partial charge >= 0.3 is 6.09 Å². The third-order valence-corrected chi connectivity index (χ3v) is 3.22. The lowest BCUT2D eigenvalue weighted by Crippen LogP contribution is -2.48. The molecule has 1 amide bonds. The molecule has 4 heteroatoms. The summed E-state index contributed by atoms with van der Waals surface area (Å²) in [7, 11) is 0. The molecule has 0 unspecified atom stereocenters. The van der Waals surface area contributed by atoms with Crippen molar-refractivity contribution in [2.45, 2.75) is 26.5 Å². The molecule has 0 atom stereocenters. The van der Waals surface area contributed by atoms with Crippen LogP contribution in [0.15, 0.2) is 30.3 Å². The third kappa shape index (κ3) is 4.24. The fourth-order valence-corrected chi connectivity index (χ4v) is 2.21. The SMILES string of the molecule is CC(C)OC(=O)N1CCN(Cc2ccccc2)CC1. The van der Waals surface area contributed by atoms with E-state index < -0.39 is 0 Å². The molecular formula is C15H22N2O2. The van der Waals surface area contributed by atoms with Crippen LogP contribution in [0, 0.1) is 0 Å². The van der Waals surface area contributed by atoms with Crippen molar-refractivity contribution in [2.75, 3.05) is 26.2 Å². The van der Waals surface area contributed by atoms with Crippen molar-refractivity contribution < 1.29 is 9.53 Å². The smallest absolute Gasteiger partial charge is 0.410 e. The van der Waals surface area contributed by atoms with Gasteiger partial charge < -0.3 is 9.64 Å². The van der Waals surface area contributed by atoms with Crippen LogP contribution in [0.3, 0.4) is 0 Å². The van der Waals surface area contributed by atoms with Crippen molar-refractivity contribution in [1.82, 2.24) is 9.80 Å². The van der Waals surface area contributed by atoms with Crippen molar-refractivity contribution >= 4 is 6.09 Å². The molecule has 0 bridgehead atoms. The Morgan fingerprint density at radius 2 is 1.79 bits per heavy atom. The van der Waals surface area contributed by atoms with Crippen molar-refractivity contribution in [2.24, 2.45) is 0 Å². The molecule has 1 aromatic rings. The number of nitrogens with zero attached hydrogens (tertiary/aromatic N) is 2. The van der Waals surface area contributed by atoms with E-state index >= 15 is 0 Å². The zero-order valence-corrected chi connectivity index (χ0v) is 11.7. The number of piperazine rings is 1. The predicted molar refractivity (Wildman–Crippen MR) is 74.9 cm³/mol. The number of ether oxygens (including phenoxy) is 1. The molecule has 1 aromatic carbocycles. The highest BCUT2D eigenvalue weighted by Crippen LogP contribution is 2.09. The molecule has 0 N–H and O–H groups in total. The average molecular weight is 262 g/mol. The van der Waals surface area contributed by atoms with Gasteiger partial charge in [0.15, 0.2) is 0 Å². The largest absolute Gasteiger partial charge is 0.447 e. The quantitative estimate of drug-likeness (QED) is 0.838. The van der Waals surface area contributed by atoms with Crippen LogP contribution in [-0.4, -0.2) is 48.2 Å². The van der Waals surface area contributed by atoms with E-state index in [-0.39, 0.29) is 12.2 Å². The Morgan fingerprint density at radius 3 is 2.37 bits per heavy atom. The molecule has 1 aliphatic rings. The van der Waals surface area contributed by atoms with Crippen molar-refractivity contribution in [3.05, 3.63) is 35.9 Å². The fraction of sp³-hybridized carbons (Fsp3) is 0.533. The van der Waals surface area contributed by atoms with Crippen molar-refractivity contribution in [1.29, 1.82) is 0 Å². The molecular weight excluding hydrogens is 240 g/mol. The van der Waals surface area contributed by atoms with Gasteiger partial charge in [0.1, 0.15) is 0 Å². The second kappa shape index (κ2) is 6.57. The average Bonchev–Trinajstić information content (AvgIpc) is 2.40. The Hall–Kier alpha value is -1.55. The first-order valence-corrected chi connectivity index (χ1v) is 6.87. The lowest BCUT2D eigenvalue weighted by molar-refractivity contribution is 0.0559. The van der Waals surface area contributed by atoms with E-state index in [1.165, 1.54) is 5.56 Å². The fourth-order valence-electron chi connectivity index (χ4n) is 2.21. The van der Waals surface area contributed by atoms with Crippen LogP contribution in [0.1, 0.15) is 19.4 Å². The van der Waals surface area contributed by atoms with Gasteiger partial charge in [0.2, 0.25) is 0 Å². The minimum Gasteiger partial charge on any atom is -0.447 e. The lowest BCUT2D eigenvalue weighted by atomic mass is 10.2. The summed E-state index contributed by atoms with van der Waals surface area (Å²) in [4.78, 5) is 15.9. The minimum absolute atomic E-state index is 0.0464. The van der Waals surface area contributed by atoms with Gasteiger partial charge in [0.05, 0.1) is 6.10 Å². The minimum atomic E-state index is -0.186. The Balaban J connectivity index is 1.78. The maximum Gasteiger partial charge on any atom is 0.410 e. The Labute approximate surface area is 115 Å². The Morgan fingerprint density at radius 1 is 1.16 bits per heavy atom. The monoisotopic (exact) mass is 262 g/mol. The number of hydrogen-bond donors (Lipinski definition) is 0. The van der Waals surface area contributed by atoms with Crippen LogP contribution in [0.5, 0.6) is 0 Å². The van der Waals surface area contributed by atoms with Crippen LogP contribution in [0.25, 0.3) is 0 Å². The number of carbonyl (C=O) groups excluding carboxylic acids is 1. The van der Waals surface area contributed by atoms with Gasteiger partial charge in [-0.25, -0.2) is 4.79 Å². The summed E-state index contributed by atoms with van der Waals surface area (Å²) in [5.74, 6) is 0. The molecule has 0 aromatic heterocycles. The predicted octanol–water partition coefficient (Wildman–Crippen LogP) is 2.35.